The predicted molar refractivity (Wildman–Crippen MR) is 108 cm³/mol. The second-order valence-electron chi connectivity index (χ2n) is 6.71. The van der Waals surface area contributed by atoms with Gasteiger partial charge >= 0.3 is 6.18 Å². The maximum absolute atomic E-state index is 13.3. The minimum atomic E-state index is -4.49. The minimum absolute atomic E-state index is 0.193. The molecular weight excluding hydrogens is 413 g/mol. The summed E-state index contributed by atoms with van der Waals surface area (Å²) in [6.45, 7) is 1.32. The van der Waals surface area contributed by atoms with Gasteiger partial charge in [0, 0.05) is 39.7 Å². The molecule has 3 aromatic rings. The van der Waals surface area contributed by atoms with Gasteiger partial charge in [0.2, 0.25) is 0 Å². The number of benzene rings is 1. The average molecular weight is 436 g/mol. The number of alkyl halides is 3. The molecule has 0 N–H and O–H groups in total. The third kappa shape index (κ3) is 5.15. The zero-order valence-electron chi connectivity index (χ0n) is 17.2. The molecule has 0 saturated carbocycles. The topological polar surface area (TPSA) is 61.5 Å². The van der Waals surface area contributed by atoms with Crippen molar-refractivity contribution >= 4 is 5.91 Å². The van der Waals surface area contributed by atoms with Crippen LogP contribution in [0, 0.1) is 0 Å². The molecule has 1 amide bonds. The molecule has 7 nitrogen and oxygen atoms in total. The number of ether oxygens (including phenoxy) is 2. The van der Waals surface area contributed by atoms with Crippen LogP contribution in [0.2, 0.25) is 0 Å². The van der Waals surface area contributed by atoms with Gasteiger partial charge in [0.1, 0.15) is 5.56 Å². The number of carbonyl (C=O) groups is 1. The molecule has 0 aliphatic carbocycles. The molecule has 0 saturated heterocycles. The Bertz CT molecular complexity index is 992. The van der Waals surface area contributed by atoms with E-state index in [0.29, 0.717) is 32.1 Å². The first-order valence-electron chi connectivity index (χ1n) is 9.53. The van der Waals surface area contributed by atoms with Crippen LogP contribution in [0.15, 0.2) is 55.0 Å². The van der Waals surface area contributed by atoms with Gasteiger partial charge in [0.05, 0.1) is 30.7 Å². The minimum Gasteiger partial charge on any atom is -0.383 e. The van der Waals surface area contributed by atoms with Crippen LogP contribution >= 0.6 is 0 Å². The van der Waals surface area contributed by atoms with Crippen LogP contribution in [-0.4, -0.2) is 65.7 Å². The van der Waals surface area contributed by atoms with Gasteiger partial charge in [0.25, 0.3) is 5.91 Å². The molecule has 2 aromatic heterocycles. The molecule has 0 aliphatic rings. The van der Waals surface area contributed by atoms with Crippen LogP contribution in [0.5, 0.6) is 0 Å². The van der Waals surface area contributed by atoms with E-state index in [4.69, 9.17) is 9.47 Å². The molecule has 0 bridgehead atoms. The highest BCUT2D eigenvalue weighted by Gasteiger charge is 2.31. The normalized spacial score (nSPS) is 11.6. The first-order valence-corrected chi connectivity index (χ1v) is 9.53. The van der Waals surface area contributed by atoms with Gasteiger partial charge in [-0.2, -0.15) is 18.3 Å². The summed E-state index contributed by atoms with van der Waals surface area (Å²) >= 11 is 0. The van der Waals surface area contributed by atoms with Crippen molar-refractivity contribution in [3.63, 3.8) is 0 Å². The summed E-state index contributed by atoms with van der Waals surface area (Å²) in [7, 11) is 3.08. The van der Waals surface area contributed by atoms with Gasteiger partial charge in [-0.1, -0.05) is 6.07 Å². The molecule has 1 aromatic carbocycles. The molecule has 0 radical (unpaired) electrons. The largest absolute Gasteiger partial charge is 0.416 e. The van der Waals surface area contributed by atoms with Crippen LogP contribution in [0.3, 0.4) is 0 Å². The van der Waals surface area contributed by atoms with E-state index < -0.39 is 11.7 Å². The SMILES string of the molecule is COCCN(CCOC)C(=O)c1cnn(-c2cccc(C(F)(F)F)c2)c1-n1cccc1. The number of rotatable bonds is 9. The first-order chi connectivity index (χ1) is 14.9. The van der Waals surface area contributed by atoms with Crippen molar-refractivity contribution in [2.45, 2.75) is 6.18 Å². The summed E-state index contributed by atoms with van der Waals surface area (Å²) in [5.74, 6) is 0.0187. The maximum Gasteiger partial charge on any atom is 0.416 e. The Kier molecular flexibility index (Phi) is 7.13. The van der Waals surface area contributed by atoms with Gasteiger partial charge in [-0.05, 0) is 30.3 Å². The lowest BCUT2D eigenvalue weighted by molar-refractivity contribution is -0.137. The number of amides is 1. The second kappa shape index (κ2) is 9.80. The van der Waals surface area contributed by atoms with Gasteiger partial charge in [-0.15, -0.1) is 0 Å². The van der Waals surface area contributed by atoms with Crippen molar-refractivity contribution in [1.29, 1.82) is 0 Å². The third-order valence-corrected chi connectivity index (χ3v) is 4.66. The zero-order chi connectivity index (χ0) is 22.4. The summed E-state index contributed by atoms with van der Waals surface area (Å²) in [6.07, 6.45) is 0.274. The molecule has 0 fully saturated rings. The summed E-state index contributed by atoms with van der Waals surface area (Å²) in [4.78, 5) is 14.9. The average Bonchev–Trinajstić information content (AvgIpc) is 3.42. The number of hydrogen-bond acceptors (Lipinski definition) is 4. The van der Waals surface area contributed by atoms with E-state index in [1.165, 1.54) is 37.2 Å². The van der Waals surface area contributed by atoms with Crippen molar-refractivity contribution in [2.24, 2.45) is 0 Å². The van der Waals surface area contributed by atoms with Crippen molar-refractivity contribution in [1.82, 2.24) is 19.2 Å². The first kappa shape index (κ1) is 22.6. The van der Waals surface area contributed by atoms with Crippen LogP contribution < -0.4 is 0 Å². The molecule has 31 heavy (non-hydrogen) atoms. The van der Waals surface area contributed by atoms with Crippen LogP contribution in [0.1, 0.15) is 15.9 Å². The van der Waals surface area contributed by atoms with Gasteiger partial charge in [-0.25, -0.2) is 4.68 Å². The fourth-order valence-corrected chi connectivity index (χ4v) is 3.11. The smallest absolute Gasteiger partial charge is 0.383 e. The Morgan fingerprint density at radius 1 is 1.06 bits per heavy atom. The Morgan fingerprint density at radius 3 is 2.29 bits per heavy atom. The Morgan fingerprint density at radius 2 is 1.71 bits per heavy atom. The summed E-state index contributed by atoms with van der Waals surface area (Å²) in [5.41, 5.74) is -0.354. The number of carbonyl (C=O) groups excluding carboxylic acids is 1. The van der Waals surface area contributed by atoms with Gasteiger partial charge in [0.15, 0.2) is 5.82 Å². The number of nitrogens with zero attached hydrogens (tertiary/aromatic N) is 4. The number of methoxy groups -OCH3 is 2. The fourth-order valence-electron chi connectivity index (χ4n) is 3.11. The van der Waals surface area contributed by atoms with E-state index in [-0.39, 0.29) is 17.2 Å². The van der Waals surface area contributed by atoms with Crippen molar-refractivity contribution < 1.29 is 27.4 Å². The highest BCUT2D eigenvalue weighted by atomic mass is 19.4. The molecule has 0 unspecified atom stereocenters. The van der Waals surface area contributed by atoms with Gasteiger partial charge in [-0.3, -0.25) is 4.79 Å². The monoisotopic (exact) mass is 436 g/mol. The van der Waals surface area contributed by atoms with E-state index >= 15 is 0 Å². The molecule has 0 spiro atoms. The molecular formula is C21H23F3N4O3. The fraction of sp³-hybridized carbons (Fsp3) is 0.333. The van der Waals surface area contributed by atoms with E-state index in [1.807, 2.05) is 0 Å². The van der Waals surface area contributed by atoms with E-state index in [9.17, 15) is 18.0 Å². The van der Waals surface area contributed by atoms with E-state index in [2.05, 4.69) is 5.10 Å². The standard InChI is InChI=1S/C21H23F3N4O3/c1-30-12-10-27(11-13-31-2)20(29)18-15-25-28(19(18)26-8-3-4-9-26)17-7-5-6-16(14-17)21(22,23)24/h3-9,14-15H,10-13H2,1-2H3. The molecule has 0 atom stereocenters. The predicted octanol–water partition coefficient (Wildman–Crippen LogP) is 3.42. The van der Waals surface area contributed by atoms with E-state index in [1.54, 1.807) is 34.0 Å². The number of halogens is 3. The lowest BCUT2D eigenvalue weighted by Gasteiger charge is -2.22. The van der Waals surface area contributed by atoms with Gasteiger partial charge < -0.3 is 18.9 Å². The molecule has 3 rings (SSSR count). The molecule has 2 heterocycles. The molecule has 10 heteroatoms. The van der Waals surface area contributed by atoms with E-state index in [0.717, 1.165) is 12.1 Å². The Hall–Kier alpha value is -3.11. The summed E-state index contributed by atoms with van der Waals surface area (Å²) in [6, 6.07) is 8.32. The van der Waals surface area contributed by atoms with Crippen LogP contribution in [0.25, 0.3) is 11.5 Å². The Labute approximate surface area is 177 Å². The quantitative estimate of drug-likeness (QED) is 0.516. The second-order valence-corrected chi connectivity index (χ2v) is 6.71. The maximum atomic E-state index is 13.3. The Balaban J connectivity index is 2.07. The number of hydrogen-bond donors (Lipinski definition) is 0. The van der Waals surface area contributed by atoms with Crippen LogP contribution in [-0.2, 0) is 15.7 Å². The van der Waals surface area contributed by atoms with Crippen molar-refractivity contribution in [3.8, 4) is 11.5 Å². The van der Waals surface area contributed by atoms with Crippen molar-refractivity contribution in [3.05, 3.63) is 66.1 Å². The third-order valence-electron chi connectivity index (χ3n) is 4.66. The summed E-state index contributed by atoms with van der Waals surface area (Å²) < 4.78 is 52.8. The summed E-state index contributed by atoms with van der Waals surface area (Å²) in [5, 5.41) is 4.25. The highest BCUT2D eigenvalue weighted by Crippen LogP contribution is 2.31. The van der Waals surface area contributed by atoms with Crippen molar-refractivity contribution in [2.75, 3.05) is 40.5 Å². The lowest BCUT2D eigenvalue weighted by atomic mass is 10.2. The lowest BCUT2D eigenvalue weighted by Crippen LogP contribution is -2.36. The zero-order valence-corrected chi connectivity index (χ0v) is 17.2. The highest BCUT2D eigenvalue weighted by molar-refractivity contribution is 5.97. The molecule has 0 aliphatic heterocycles. The number of aromatic nitrogens is 3. The van der Waals surface area contributed by atoms with Crippen LogP contribution in [0.4, 0.5) is 13.2 Å². The molecule has 166 valence electrons.